The quantitative estimate of drug-likeness (QED) is 0.214. The maximum absolute atomic E-state index is 13.9. The van der Waals surface area contributed by atoms with Gasteiger partial charge in [-0.15, -0.1) is 0 Å². The highest BCUT2D eigenvalue weighted by atomic mass is 35.5. The van der Waals surface area contributed by atoms with Crippen molar-refractivity contribution in [2.45, 2.75) is 39.3 Å². The lowest BCUT2D eigenvalue weighted by Gasteiger charge is -2.22. The molecule has 7 nitrogen and oxygen atoms in total. The van der Waals surface area contributed by atoms with Gasteiger partial charge in [-0.3, -0.25) is 9.59 Å². The van der Waals surface area contributed by atoms with Crippen molar-refractivity contribution in [3.05, 3.63) is 123 Å². The summed E-state index contributed by atoms with van der Waals surface area (Å²) in [5.74, 6) is 0.714. The number of carbonyl (C=O) groups is 2. The molecule has 9 heteroatoms. The third kappa shape index (κ3) is 6.99. The smallest absolute Gasteiger partial charge is 0.290 e. The first-order valence-electron chi connectivity index (χ1n) is 13.3. The van der Waals surface area contributed by atoms with Crippen LogP contribution in [-0.2, 0) is 24.3 Å². The number of fused-ring (bicyclic) bond motifs is 1. The van der Waals surface area contributed by atoms with Crippen LogP contribution in [0.2, 0.25) is 10.0 Å². The van der Waals surface area contributed by atoms with E-state index >= 15 is 0 Å². The van der Waals surface area contributed by atoms with Gasteiger partial charge in [-0.1, -0.05) is 83.9 Å². The molecule has 41 heavy (non-hydrogen) atoms. The zero-order chi connectivity index (χ0) is 28.8. The van der Waals surface area contributed by atoms with Crippen LogP contribution in [0.15, 0.2) is 88.4 Å². The van der Waals surface area contributed by atoms with Crippen molar-refractivity contribution >= 4 is 40.7 Å². The number of nitrogens with one attached hydrogen (secondary N) is 1. The van der Waals surface area contributed by atoms with Crippen molar-refractivity contribution in [1.82, 2.24) is 10.3 Å². The van der Waals surface area contributed by atoms with E-state index in [1.165, 1.54) is 0 Å². The number of hydrogen-bond donors (Lipinski definition) is 1. The highest BCUT2D eigenvalue weighted by Crippen LogP contribution is 2.31. The number of hydrazone groups is 1. The molecule has 1 aromatic heterocycles. The van der Waals surface area contributed by atoms with Crippen LogP contribution in [0.25, 0.3) is 0 Å². The van der Waals surface area contributed by atoms with E-state index < -0.39 is 5.91 Å². The topological polar surface area (TPSA) is 84.1 Å². The normalized spacial score (nSPS) is 13.5. The average Bonchev–Trinajstić information content (AvgIpc) is 3.32. The molecule has 0 fully saturated rings. The molecule has 4 aromatic rings. The fourth-order valence-electron chi connectivity index (χ4n) is 4.83. The van der Waals surface area contributed by atoms with Gasteiger partial charge in [0.05, 0.1) is 10.7 Å². The minimum atomic E-state index is -0.440. The highest BCUT2D eigenvalue weighted by Gasteiger charge is 2.30. The number of ether oxygens (including phenoxy) is 1. The van der Waals surface area contributed by atoms with Crippen molar-refractivity contribution in [2.24, 2.45) is 5.10 Å². The minimum Gasteiger partial charge on any atom is -0.482 e. The van der Waals surface area contributed by atoms with Crippen LogP contribution in [0.4, 0.5) is 0 Å². The lowest BCUT2D eigenvalue weighted by molar-refractivity contribution is -0.123. The van der Waals surface area contributed by atoms with E-state index in [0.717, 1.165) is 23.1 Å². The van der Waals surface area contributed by atoms with Gasteiger partial charge in [0.2, 0.25) is 0 Å². The predicted molar refractivity (Wildman–Crippen MR) is 159 cm³/mol. The summed E-state index contributed by atoms with van der Waals surface area (Å²) < 4.78 is 11.7. The Kier molecular flexibility index (Phi) is 9.07. The molecule has 1 aliphatic carbocycles. The number of furan rings is 1. The van der Waals surface area contributed by atoms with Crippen LogP contribution in [0.1, 0.15) is 51.4 Å². The zero-order valence-corrected chi connectivity index (χ0v) is 24.0. The van der Waals surface area contributed by atoms with Crippen LogP contribution in [-0.4, -0.2) is 29.0 Å². The number of benzene rings is 3. The van der Waals surface area contributed by atoms with Gasteiger partial charge in [0.15, 0.2) is 12.4 Å². The molecule has 210 valence electrons. The van der Waals surface area contributed by atoms with Gasteiger partial charge in [0.25, 0.3) is 11.8 Å². The molecule has 1 N–H and O–H groups in total. The Hall–Kier alpha value is -4.07. The van der Waals surface area contributed by atoms with E-state index in [9.17, 15) is 9.59 Å². The summed E-state index contributed by atoms with van der Waals surface area (Å²) in [6.45, 7) is 2.47. The Labute approximate surface area is 248 Å². The molecular weight excluding hydrogens is 561 g/mol. The van der Waals surface area contributed by atoms with Crippen LogP contribution in [0, 0.1) is 6.92 Å². The largest absolute Gasteiger partial charge is 0.482 e. The summed E-state index contributed by atoms with van der Waals surface area (Å²) in [5, 5.41) is 5.17. The Morgan fingerprint density at radius 2 is 1.61 bits per heavy atom. The van der Waals surface area contributed by atoms with E-state index in [1.54, 1.807) is 23.1 Å². The maximum Gasteiger partial charge on any atom is 0.290 e. The fourth-order valence-corrected chi connectivity index (χ4v) is 5.30. The van der Waals surface area contributed by atoms with Crippen LogP contribution in [0.3, 0.4) is 0 Å². The van der Waals surface area contributed by atoms with E-state index in [-0.39, 0.29) is 12.5 Å². The molecule has 0 bridgehead atoms. The molecular formula is C32H29Cl2N3O4. The van der Waals surface area contributed by atoms with Crippen LogP contribution >= 0.6 is 23.2 Å². The fraction of sp³-hybridized carbons (Fsp3) is 0.219. The number of amides is 2. The Morgan fingerprint density at radius 3 is 2.24 bits per heavy atom. The van der Waals surface area contributed by atoms with Gasteiger partial charge >= 0.3 is 0 Å². The first kappa shape index (κ1) is 28.5. The lowest BCUT2D eigenvalue weighted by Crippen LogP contribution is -2.30. The first-order valence-corrected chi connectivity index (χ1v) is 14.1. The summed E-state index contributed by atoms with van der Waals surface area (Å²) in [6, 6.07) is 24.5. The summed E-state index contributed by atoms with van der Waals surface area (Å²) >= 11 is 12.0. The summed E-state index contributed by atoms with van der Waals surface area (Å²) in [5.41, 5.74) is 6.78. The molecule has 0 atom stereocenters. The van der Waals surface area contributed by atoms with Gasteiger partial charge < -0.3 is 14.1 Å². The maximum atomic E-state index is 13.9. The van der Waals surface area contributed by atoms with Crippen molar-refractivity contribution in [2.75, 3.05) is 6.61 Å². The second-order valence-corrected chi connectivity index (χ2v) is 10.6. The number of rotatable bonds is 9. The Balaban J connectivity index is 1.34. The predicted octanol–water partition coefficient (Wildman–Crippen LogP) is 6.97. The van der Waals surface area contributed by atoms with E-state index in [2.05, 4.69) is 10.5 Å². The number of aryl methyl sites for hydroxylation is 1. The zero-order valence-electron chi connectivity index (χ0n) is 22.5. The second-order valence-electron chi connectivity index (χ2n) is 9.80. The third-order valence-corrected chi connectivity index (χ3v) is 7.34. The standard InChI is InChI=1S/C32H29Cl2N3O4/c1-21-30-26(35-36-29(38)20-40-27-16-15-24(33)17-25(27)34)13-8-14-28(30)41-31(21)32(39)37(18-22-9-4-2-5-10-22)19-23-11-6-3-7-12-23/h2-7,9-12,15-17H,8,13-14,18-20H2,1H3,(H,36,38)/b35-26+. The van der Waals surface area contributed by atoms with E-state index in [4.69, 9.17) is 32.4 Å². The van der Waals surface area contributed by atoms with E-state index in [1.807, 2.05) is 67.6 Å². The van der Waals surface area contributed by atoms with Crippen molar-refractivity contribution in [3.63, 3.8) is 0 Å². The molecule has 0 saturated heterocycles. The third-order valence-electron chi connectivity index (χ3n) is 6.81. The molecule has 0 unspecified atom stereocenters. The molecule has 1 aliphatic rings. The van der Waals surface area contributed by atoms with Gasteiger partial charge in [-0.2, -0.15) is 5.10 Å². The van der Waals surface area contributed by atoms with Crippen LogP contribution in [0.5, 0.6) is 5.75 Å². The van der Waals surface area contributed by atoms with Crippen molar-refractivity contribution in [3.8, 4) is 5.75 Å². The molecule has 0 radical (unpaired) electrons. The molecule has 0 aliphatic heterocycles. The van der Waals surface area contributed by atoms with Gasteiger partial charge in [0.1, 0.15) is 11.5 Å². The molecule has 0 spiro atoms. The second kappa shape index (κ2) is 13.1. The highest BCUT2D eigenvalue weighted by molar-refractivity contribution is 6.35. The first-order chi connectivity index (χ1) is 19.9. The number of halogens is 2. The van der Waals surface area contributed by atoms with Crippen molar-refractivity contribution < 1.29 is 18.7 Å². The van der Waals surface area contributed by atoms with Gasteiger partial charge in [-0.05, 0) is 49.1 Å². The molecule has 3 aromatic carbocycles. The summed E-state index contributed by atoms with van der Waals surface area (Å²) in [4.78, 5) is 28.2. The number of nitrogens with zero attached hydrogens (tertiary/aromatic N) is 2. The minimum absolute atomic E-state index is 0.193. The van der Waals surface area contributed by atoms with Crippen molar-refractivity contribution in [1.29, 1.82) is 0 Å². The summed E-state index contributed by atoms with van der Waals surface area (Å²) in [7, 11) is 0. The van der Waals surface area contributed by atoms with E-state index in [0.29, 0.717) is 64.5 Å². The Bertz CT molecular complexity index is 1530. The summed E-state index contributed by atoms with van der Waals surface area (Å²) in [6.07, 6.45) is 2.12. The monoisotopic (exact) mass is 589 g/mol. The number of hydrogen-bond acceptors (Lipinski definition) is 5. The van der Waals surface area contributed by atoms with Crippen LogP contribution < -0.4 is 10.2 Å². The molecule has 0 saturated carbocycles. The molecule has 5 rings (SSSR count). The molecule has 2 amide bonds. The molecule has 1 heterocycles. The number of carbonyl (C=O) groups excluding carboxylic acids is 2. The Morgan fingerprint density at radius 1 is 0.951 bits per heavy atom. The lowest BCUT2D eigenvalue weighted by atomic mass is 9.93. The average molecular weight is 591 g/mol. The van der Waals surface area contributed by atoms with Gasteiger partial charge in [0, 0.05) is 35.7 Å². The van der Waals surface area contributed by atoms with Gasteiger partial charge in [-0.25, -0.2) is 5.43 Å². The SMILES string of the molecule is Cc1c(C(=O)N(Cc2ccccc2)Cc2ccccc2)oc2c1/C(=N/NC(=O)COc1ccc(Cl)cc1Cl)CCC2.